The Labute approximate surface area is 166 Å². The summed E-state index contributed by atoms with van der Waals surface area (Å²) in [7, 11) is -3.24. The van der Waals surface area contributed by atoms with Crippen molar-refractivity contribution >= 4 is 32.9 Å². The number of pyridine rings is 1. The number of rotatable bonds is 4. The summed E-state index contributed by atoms with van der Waals surface area (Å²) in [6.07, 6.45) is -3.69. The average molecular weight is 434 g/mol. The topological polar surface area (TPSA) is 53.5 Å². The Kier molecular flexibility index (Phi) is 5.77. The fourth-order valence-corrected chi connectivity index (χ4v) is 4.20. The van der Waals surface area contributed by atoms with Crippen molar-refractivity contribution < 1.29 is 21.6 Å². The van der Waals surface area contributed by atoms with Crippen LogP contribution in [0, 0.1) is 0 Å². The van der Waals surface area contributed by atoms with E-state index in [1.807, 2.05) is 4.90 Å². The zero-order valence-corrected chi connectivity index (χ0v) is 16.7. The molecule has 0 unspecified atom stereocenters. The van der Waals surface area contributed by atoms with Gasteiger partial charge in [-0.1, -0.05) is 18.5 Å². The van der Waals surface area contributed by atoms with Crippen LogP contribution in [0.5, 0.6) is 0 Å². The minimum absolute atomic E-state index is 0.0302. The number of benzene rings is 1. The van der Waals surface area contributed by atoms with E-state index in [0.29, 0.717) is 32.0 Å². The van der Waals surface area contributed by atoms with E-state index in [-0.39, 0.29) is 15.7 Å². The number of aromatic nitrogens is 1. The molecule has 1 saturated heterocycles. The zero-order chi connectivity index (χ0) is 20.5. The first-order chi connectivity index (χ1) is 13.1. The summed E-state index contributed by atoms with van der Waals surface area (Å²) < 4.78 is 62.0. The van der Waals surface area contributed by atoms with Gasteiger partial charge in [-0.15, -0.1) is 0 Å². The number of piperazine rings is 1. The van der Waals surface area contributed by atoms with Gasteiger partial charge in [0.15, 0.2) is 9.84 Å². The molecule has 1 aliphatic rings. The molecule has 3 rings (SSSR count). The highest BCUT2D eigenvalue weighted by atomic mass is 35.5. The molecule has 1 aliphatic heterocycles. The SMILES string of the molecule is CCS(=O)(=O)c1ccc(N2CCN(c3ncc(C(F)(F)F)cc3Cl)CC2)cc1. The maximum Gasteiger partial charge on any atom is 0.417 e. The van der Waals surface area contributed by atoms with Crippen molar-refractivity contribution in [3.8, 4) is 0 Å². The number of sulfone groups is 1. The molecule has 0 atom stereocenters. The quantitative estimate of drug-likeness (QED) is 0.732. The molecule has 0 radical (unpaired) electrons. The number of hydrogen-bond acceptors (Lipinski definition) is 5. The van der Waals surface area contributed by atoms with Gasteiger partial charge < -0.3 is 9.80 Å². The molecule has 1 aromatic carbocycles. The number of alkyl halides is 3. The fourth-order valence-electron chi connectivity index (χ4n) is 3.03. The summed E-state index contributed by atoms with van der Waals surface area (Å²) in [6, 6.07) is 7.61. The van der Waals surface area contributed by atoms with Gasteiger partial charge in [0.25, 0.3) is 0 Å². The summed E-state index contributed by atoms with van der Waals surface area (Å²) in [4.78, 5) is 8.12. The number of anilines is 2. The van der Waals surface area contributed by atoms with Gasteiger partial charge in [0.05, 0.1) is 21.2 Å². The number of halogens is 4. The number of hydrogen-bond donors (Lipinski definition) is 0. The standard InChI is InChI=1S/C18H19ClF3N3O2S/c1-2-28(26,27)15-5-3-14(4-6-15)24-7-9-25(10-8-24)17-16(19)11-13(12-23-17)18(20,21)22/h3-6,11-12H,2,7-10H2,1H3. The minimum Gasteiger partial charge on any atom is -0.368 e. The third kappa shape index (κ3) is 4.35. The van der Waals surface area contributed by atoms with Gasteiger partial charge in [0.2, 0.25) is 0 Å². The largest absolute Gasteiger partial charge is 0.417 e. The van der Waals surface area contributed by atoms with E-state index in [1.165, 1.54) is 0 Å². The second-order valence-electron chi connectivity index (χ2n) is 6.40. The summed E-state index contributed by atoms with van der Waals surface area (Å²) in [5.41, 5.74) is 0.0168. The van der Waals surface area contributed by atoms with Crippen molar-refractivity contribution in [2.75, 3.05) is 41.7 Å². The third-order valence-electron chi connectivity index (χ3n) is 4.67. The normalized spacial score (nSPS) is 15.8. The molecule has 2 heterocycles. The molecular formula is C18H19ClF3N3O2S. The molecule has 1 aromatic heterocycles. The van der Waals surface area contributed by atoms with Gasteiger partial charge in [0.1, 0.15) is 5.82 Å². The lowest BCUT2D eigenvalue weighted by Gasteiger charge is -2.37. The van der Waals surface area contributed by atoms with Crippen LogP contribution in [0.15, 0.2) is 41.4 Å². The van der Waals surface area contributed by atoms with Gasteiger partial charge in [0, 0.05) is 38.1 Å². The number of nitrogens with zero attached hydrogens (tertiary/aromatic N) is 3. The average Bonchev–Trinajstić information content (AvgIpc) is 2.67. The second-order valence-corrected chi connectivity index (χ2v) is 9.08. The van der Waals surface area contributed by atoms with Crippen molar-refractivity contribution in [2.45, 2.75) is 18.0 Å². The molecule has 2 aromatic rings. The maximum absolute atomic E-state index is 12.7. The minimum atomic E-state index is -4.48. The Bertz CT molecular complexity index is 942. The van der Waals surface area contributed by atoms with E-state index >= 15 is 0 Å². The Morgan fingerprint density at radius 1 is 1.07 bits per heavy atom. The van der Waals surface area contributed by atoms with Gasteiger partial charge in [-0.3, -0.25) is 0 Å². The van der Waals surface area contributed by atoms with E-state index in [9.17, 15) is 21.6 Å². The molecule has 5 nitrogen and oxygen atoms in total. The molecule has 28 heavy (non-hydrogen) atoms. The van der Waals surface area contributed by atoms with E-state index in [4.69, 9.17) is 11.6 Å². The summed E-state index contributed by atoms with van der Waals surface area (Å²) in [6.45, 7) is 3.89. The maximum atomic E-state index is 12.7. The van der Waals surface area contributed by atoms with E-state index in [0.717, 1.165) is 18.0 Å². The lowest BCUT2D eigenvalue weighted by molar-refractivity contribution is -0.137. The molecule has 1 fully saturated rings. The van der Waals surface area contributed by atoms with Crippen molar-refractivity contribution in [3.63, 3.8) is 0 Å². The third-order valence-corrected chi connectivity index (χ3v) is 6.70. The van der Waals surface area contributed by atoms with E-state index in [1.54, 1.807) is 31.2 Å². The van der Waals surface area contributed by atoms with Crippen LogP contribution in [-0.2, 0) is 16.0 Å². The highest BCUT2D eigenvalue weighted by molar-refractivity contribution is 7.91. The van der Waals surface area contributed by atoms with Gasteiger partial charge in [-0.2, -0.15) is 13.2 Å². The van der Waals surface area contributed by atoms with Crippen LogP contribution in [0.2, 0.25) is 5.02 Å². The molecule has 0 bridgehead atoms. The predicted octanol–water partition coefficient (Wildman–Crippen LogP) is 3.87. The van der Waals surface area contributed by atoms with E-state index < -0.39 is 21.6 Å². The first-order valence-corrected chi connectivity index (χ1v) is 10.7. The smallest absolute Gasteiger partial charge is 0.368 e. The van der Waals surface area contributed by atoms with Crippen molar-refractivity contribution in [1.82, 2.24) is 4.98 Å². The highest BCUT2D eigenvalue weighted by Gasteiger charge is 2.32. The molecule has 0 saturated carbocycles. The van der Waals surface area contributed by atoms with Gasteiger partial charge in [-0.05, 0) is 30.3 Å². The first kappa shape index (κ1) is 20.7. The summed E-state index contributed by atoms with van der Waals surface area (Å²) in [5.74, 6) is 0.380. The van der Waals surface area contributed by atoms with Crippen molar-refractivity contribution in [2.24, 2.45) is 0 Å². The van der Waals surface area contributed by atoms with E-state index in [2.05, 4.69) is 9.88 Å². The van der Waals surface area contributed by atoms with Crippen LogP contribution in [0.1, 0.15) is 12.5 Å². The van der Waals surface area contributed by atoms with Crippen LogP contribution in [0.3, 0.4) is 0 Å². The molecule has 10 heteroatoms. The lowest BCUT2D eigenvalue weighted by atomic mass is 10.2. The van der Waals surface area contributed by atoms with Gasteiger partial charge >= 0.3 is 6.18 Å². The summed E-state index contributed by atoms with van der Waals surface area (Å²) >= 11 is 6.02. The highest BCUT2D eigenvalue weighted by Crippen LogP contribution is 2.34. The monoisotopic (exact) mass is 433 g/mol. The molecule has 0 spiro atoms. The second kappa shape index (κ2) is 7.79. The summed E-state index contributed by atoms with van der Waals surface area (Å²) in [5, 5.41) is -0.0302. The molecular weight excluding hydrogens is 415 g/mol. The Balaban J connectivity index is 1.68. The van der Waals surface area contributed by atoms with Crippen molar-refractivity contribution in [1.29, 1.82) is 0 Å². The Hall–Kier alpha value is -2.00. The van der Waals surface area contributed by atoms with Gasteiger partial charge in [-0.25, -0.2) is 13.4 Å². The lowest BCUT2D eigenvalue weighted by Crippen LogP contribution is -2.47. The van der Waals surface area contributed by atoms with Crippen molar-refractivity contribution in [3.05, 3.63) is 47.1 Å². The molecule has 0 amide bonds. The fraction of sp³-hybridized carbons (Fsp3) is 0.389. The predicted molar refractivity (Wildman–Crippen MR) is 103 cm³/mol. The molecule has 0 aliphatic carbocycles. The molecule has 152 valence electrons. The first-order valence-electron chi connectivity index (χ1n) is 8.67. The van der Waals surface area contributed by atoms with Crippen LogP contribution < -0.4 is 9.80 Å². The zero-order valence-electron chi connectivity index (χ0n) is 15.1. The van der Waals surface area contributed by atoms with Crippen LogP contribution in [0.25, 0.3) is 0 Å². The van der Waals surface area contributed by atoms with Crippen LogP contribution in [0.4, 0.5) is 24.7 Å². The van der Waals surface area contributed by atoms with Crippen LogP contribution in [-0.4, -0.2) is 45.3 Å². The molecule has 0 N–H and O–H groups in total. The van der Waals surface area contributed by atoms with Crippen LogP contribution >= 0.6 is 11.6 Å². The Morgan fingerprint density at radius 3 is 2.14 bits per heavy atom. The Morgan fingerprint density at radius 2 is 1.64 bits per heavy atom.